The Morgan fingerprint density at radius 2 is 2.11 bits per heavy atom. The van der Waals surface area contributed by atoms with Crippen molar-refractivity contribution in [3.63, 3.8) is 0 Å². The van der Waals surface area contributed by atoms with Crippen LogP contribution in [0.5, 0.6) is 11.5 Å². The Hall–Kier alpha value is -1.85. The summed E-state index contributed by atoms with van der Waals surface area (Å²) in [6.45, 7) is 5.63. The summed E-state index contributed by atoms with van der Waals surface area (Å²) in [5.74, 6) is 0.222. The maximum atomic E-state index is 10.9. The summed E-state index contributed by atoms with van der Waals surface area (Å²) in [6, 6.07) is 1.59. The van der Waals surface area contributed by atoms with Crippen LogP contribution in [0.4, 0.5) is 5.82 Å². The van der Waals surface area contributed by atoms with Gasteiger partial charge in [-0.15, -0.1) is 0 Å². The summed E-state index contributed by atoms with van der Waals surface area (Å²) in [5, 5.41) is 10.9. The molecule has 1 saturated carbocycles. The van der Waals surface area contributed by atoms with E-state index in [1.807, 2.05) is 20.8 Å². The first-order chi connectivity index (χ1) is 8.37. The highest BCUT2D eigenvalue weighted by Gasteiger charge is 2.32. The second kappa shape index (κ2) is 4.44. The Labute approximate surface area is 105 Å². The van der Waals surface area contributed by atoms with Gasteiger partial charge in [0.15, 0.2) is 5.75 Å². The van der Waals surface area contributed by atoms with Crippen LogP contribution in [-0.4, -0.2) is 21.6 Å². The van der Waals surface area contributed by atoms with Gasteiger partial charge in [-0.3, -0.25) is 0 Å². The van der Waals surface area contributed by atoms with E-state index in [2.05, 4.69) is 4.98 Å². The van der Waals surface area contributed by atoms with Crippen molar-refractivity contribution in [2.45, 2.75) is 45.3 Å². The zero-order valence-electron chi connectivity index (χ0n) is 10.7. The zero-order valence-corrected chi connectivity index (χ0v) is 10.7. The van der Waals surface area contributed by atoms with Crippen LogP contribution in [0.1, 0.15) is 33.6 Å². The standard InChI is InChI=1S/C12H16N2O4/c1-12(2,3)18-9-6-7-13-11(14(15)16)10(9)17-8-4-5-8/h6-8H,4-5H2,1-3H3. The second-order valence-electron chi connectivity index (χ2n) is 5.25. The molecule has 0 atom stereocenters. The van der Waals surface area contributed by atoms with E-state index in [1.165, 1.54) is 6.20 Å². The molecule has 1 aliphatic carbocycles. The topological polar surface area (TPSA) is 74.5 Å². The van der Waals surface area contributed by atoms with Gasteiger partial charge in [0.25, 0.3) is 5.75 Å². The molecule has 0 bridgehead atoms. The normalized spacial score (nSPS) is 15.3. The number of ether oxygens (including phenoxy) is 2. The van der Waals surface area contributed by atoms with E-state index in [4.69, 9.17) is 9.47 Å². The molecule has 1 heterocycles. The zero-order chi connectivity index (χ0) is 13.3. The molecule has 0 aromatic carbocycles. The predicted octanol–water partition coefficient (Wildman–Crippen LogP) is 2.71. The lowest BCUT2D eigenvalue weighted by atomic mass is 10.2. The van der Waals surface area contributed by atoms with Crippen LogP contribution in [0.15, 0.2) is 12.3 Å². The third-order valence-corrected chi connectivity index (χ3v) is 2.25. The molecular weight excluding hydrogens is 236 g/mol. The summed E-state index contributed by atoms with van der Waals surface area (Å²) >= 11 is 0. The number of rotatable bonds is 4. The highest BCUT2D eigenvalue weighted by molar-refractivity contribution is 5.51. The van der Waals surface area contributed by atoms with Gasteiger partial charge in [-0.25, -0.2) is 0 Å². The van der Waals surface area contributed by atoms with E-state index >= 15 is 0 Å². The molecule has 0 spiro atoms. The van der Waals surface area contributed by atoms with Gasteiger partial charge in [-0.2, -0.15) is 0 Å². The van der Waals surface area contributed by atoms with Crippen molar-refractivity contribution in [2.75, 3.05) is 0 Å². The van der Waals surface area contributed by atoms with Crippen LogP contribution in [0.3, 0.4) is 0 Å². The molecule has 0 unspecified atom stereocenters. The molecule has 0 aliphatic heterocycles. The maximum Gasteiger partial charge on any atom is 0.410 e. The third kappa shape index (κ3) is 3.09. The van der Waals surface area contributed by atoms with E-state index in [1.54, 1.807) is 6.07 Å². The van der Waals surface area contributed by atoms with Crippen LogP contribution in [0, 0.1) is 10.1 Å². The lowest BCUT2D eigenvalue weighted by molar-refractivity contribution is -0.390. The fraction of sp³-hybridized carbons (Fsp3) is 0.583. The molecule has 2 rings (SSSR count). The Balaban J connectivity index is 2.36. The number of nitro groups is 1. The summed E-state index contributed by atoms with van der Waals surface area (Å²) in [7, 11) is 0. The average Bonchev–Trinajstić information content (AvgIpc) is 3.01. The average molecular weight is 252 g/mol. The van der Waals surface area contributed by atoms with E-state index < -0.39 is 10.5 Å². The van der Waals surface area contributed by atoms with Crippen molar-refractivity contribution in [2.24, 2.45) is 0 Å². The Morgan fingerprint density at radius 3 is 2.61 bits per heavy atom. The van der Waals surface area contributed by atoms with Gasteiger partial charge < -0.3 is 19.6 Å². The van der Waals surface area contributed by atoms with Crippen molar-refractivity contribution in [3.8, 4) is 11.5 Å². The van der Waals surface area contributed by atoms with Crippen molar-refractivity contribution in [1.29, 1.82) is 0 Å². The molecule has 98 valence electrons. The molecule has 1 aromatic heterocycles. The Morgan fingerprint density at radius 1 is 1.44 bits per heavy atom. The van der Waals surface area contributed by atoms with Gasteiger partial charge in [0.1, 0.15) is 11.8 Å². The largest absolute Gasteiger partial charge is 0.484 e. The van der Waals surface area contributed by atoms with Crippen molar-refractivity contribution < 1.29 is 14.4 Å². The number of hydrogen-bond donors (Lipinski definition) is 0. The maximum absolute atomic E-state index is 10.9. The molecule has 1 aliphatic rings. The van der Waals surface area contributed by atoms with E-state index in [9.17, 15) is 10.1 Å². The number of hydrogen-bond acceptors (Lipinski definition) is 5. The monoisotopic (exact) mass is 252 g/mol. The second-order valence-corrected chi connectivity index (χ2v) is 5.25. The molecule has 1 fully saturated rings. The molecule has 0 saturated heterocycles. The Kier molecular flexibility index (Phi) is 3.11. The fourth-order valence-corrected chi connectivity index (χ4v) is 1.42. The first-order valence-corrected chi connectivity index (χ1v) is 5.86. The Bertz CT molecular complexity index is 464. The molecule has 0 radical (unpaired) electrons. The highest BCUT2D eigenvalue weighted by Crippen LogP contribution is 2.40. The van der Waals surface area contributed by atoms with E-state index in [0.29, 0.717) is 5.75 Å². The lowest BCUT2D eigenvalue weighted by Crippen LogP contribution is -2.23. The summed E-state index contributed by atoms with van der Waals surface area (Å²) in [4.78, 5) is 14.1. The molecule has 18 heavy (non-hydrogen) atoms. The molecular formula is C12H16N2O4. The smallest absolute Gasteiger partial charge is 0.410 e. The van der Waals surface area contributed by atoms with Crippen LogP contribution >= 0.6 is 0 Å². The van der Waals surface area contributed by atoms with E-state index in [-0.39, 0.29) is 17.7 Å². The summed E-state index contributed by atoms with van der Waals surface area (Å²) < 4.78 is 11.2. The van der Waals surface area contributed by atoms with Crippen LogP contribution < -0.4 is 9.47 Å². The van der Waals surface area contributed by atoms with Crippen molar-refractivity contribution in [3.05, 3.63) is 22.4 Å². The van der Waals surface area contributed by atoms with Gasteiger partial charge in [0.2, 0.25) is 0 Å². The first-order valence-electron chi connectivity index (χ1n) is 5.86. The van der Waals surface area contributed by atoms with Gasteiger partial charge in [0, 0.05) is 6.07 Å². The van der Waals surface area contributed by atoms with Crippen LogP contribution in [0.25, 0.3) is 0 Å². The number of nitrogens with zero attached hydrogens (tertiary/aromatic N) is 2. The van der Waals surface area contributed by atoms with Gasteiger partial charge in [-0.1, -0.05) is 0 Å². The predicted molar refractivity (Wildman–Crippen MR) is 64.9 cm³/mol. The van der Waals surface area contributed by atoms with Gasteiger partial charge in [-0.05, 0) is 43.5 Å². The molecule has 6 heteroatoms. The molecule has 6 nitrogen and oxygen atoms in total. The SMILES string of the molecule is CC(C)(C)Oc1ccnc([N+](=O)[O-])c1OC1CC1. The van der Waals surface area contributed by atoms with Crippen LogP contribution in [-0.2, 0) is 0 Å². The third-order valence-electron chi connectivity index (χ3n) is 2.25. The number of aromatic nitrogens is 1. The van der Waals surface area contributed by atoms with Crippen LogP contribution in [0.2, 0.25) is 0 Å². The van der Waals surface area contributed by atoms with Gasteiger partial charge >= 0.3 is 5.82 Å². The summed E-state index contributed by atoms with van der Waals surface area (Å²) in [5.41, 5.74) is -0.448. The minimum absolute atomic E-state index is 0.0511. The molecule has 1 aromatic rings. The molecule has 0 N–H and O–H groups in total. The first kappa shape index (κ1) is 12.6. The van der Waals surface area contributed by atoms with Gasteiger partial charge in [0.05, 0.1) is 6.10 Å². The minimum Gasteiger partial charge on any atom is -0.484 e. The minimum atomic E-state index is -0.548. The quantitative estimate of drug-likeness (QED) is 0.608. The highest BCUT2D eigenvalue weighted by atomic mass is 16.6. The number of pyridine rings is 1. The van der Waals surface area contributed by atoms with E-state index in [0.717, 1.165) is 12.8 Å². The van der Waals surface area contributed by atoms with Crippen molar-refractivity contribution >= 4 is 5.82 Å². The lowest BCUT2D eigenvalue weighted by Gasteiger charge is -2.22. The van der Waals surface area contributed by atoms with Crippen molar-refractivity contribution in [1.82, 2.24) is 4.98 Å². The fourth-order valence-electron chi connectivity index (χ4n) is 1.42. The summed E-state index contributed by atoms with van der Waals surface area (Å²) in [6.07, 6.45) is 3.25. The molecule has 0 amide bonds.